The third-order valence-corrected chi connectivity index (χ3v) is 5.70. The molecule has 0 spiro atoms. The number of ether oxygens (including phenoxy) is 1. The summed E-state index contributed by atoms with van der Waals surface area (Å²) in [6.45, 7) is 7.19. The van der Waals surface area contributed by atoms with Gasteiger partial charge in [-0.1, -0.05) is 55.4 Å². The summed E-state index contributed by atoms with van der Waals surface area (Å²) >= 11 is 11.0. The molecule has 0 aliphatic rings. The van der Waals surface area contributed by atoms with Gasteiger partial charge in [0.15, 0.2) is 0 Å². The highest BCUT2D eigenvalue weighted by Crippen LogP contribution is 2.40. The first-order chi connectivity index (χ1) is 11.5. The summed E-state index contributed by atoms with van der Waals surface area (Å²) in [7, 11) is 0. The number of aryl methyl sites for hydroxylation is 1. The fourth-order valence-corrected chi connectivity index (χ4v) is 3.59. The lowest BCUT2D eigenvalue weighted by Crippen LogP contribution is -2.03. The molecule has 0 saturated heterocycles. The van der Waals surface area contributed by atoms with Crippen molar-refractivity contribution in [1.82, 2.24) is 0 Å². The molecule has 0 aromatic heterocycles. The molecule has 4 heteroatoms. The Morgan fingerprint density at radius 2 is 1.79 bits per heavy atom. The maximum Gasteiger partial charge on any atom is 0.127 e. The molecule has 24 heavy (non-hydrogen) atoms. The molecule has 0 heterocycles. The summed E-state index contributed by atoms with van der Waals surface area (Å²) in [5.74, 6) is 1.49. The van der Waals surface area contributed by atoms with Gasteiger partial charge < -0.3 is 4.74 Å². The Kier molecular flexibility index (Phi) is 7.66. The van der Waals surface area contributed by atoms with Crippen LogP contribution in [0.15, 0.2) is 57.7 Å². The van der Waals surface area contributed by atoms with Gasteiger partial charge in [-0.15, -0.1) is 25.3 Å². The Morgan fingerprint density at radius 1 is 1.08 bits per heavy atom. The molecular weight excluding hydrogens is 352 g/mol. The summed E-state index contributed by atoms with van der Waals surface area (Å²) < 4.78 is 6.86. The van der Waals surface area contributed by atoms with Crippen LogP contribution in [0.2, 0.25) is 0 Å². The smallest absolute Gasteiger partial charge is 0.127 e. The molecule has 1 nitrogen and oxygen atoms in total. The van der Waals surface area contributed by atoms with E-state index in [4.69, 9.17) is 17.4 Å². The highest BCUT2D eigenvalue weighted by Gasteiger charge is 2.11. The van der Waals surface area contributed by atoms with Crippen LogP contribution < -0.4 is 4.74 Å². The Labute approximate surface area is 160 Å². The first-order valence-corrected chi connectivity index (χ1v) is 9.77. The van der Waals surface area contributed by atoms with Crippen molar-refractivity contribution in [3.63, 3.8) is 0 Å². The van der Waals surface area contributed by atoms with Gasteiger partial charge in [-0.3, -0.25) is 0 Å². The van der Waals surface area contributed by atoms with E-state index in [0.29, 0.717) is 12.5 Å². The Morgan fingerprint density at radius 3 is 2.46 bits per heavy atom. The number of thiol groups is 2. The monoisotopic (exact) mass is 376 g/mol. The fourth-order valence-electron chi connectivity index (χ4n) is 2.12. The number of hydrogen-bond donors (Lipinski definition) is 2. The van der Waals surface area contributed by atoms with E-state index in [0.717, 1.165) is 31.8 Å². The topological polar surface area (TPSA) is 9.23 Å². The average Bonchev–Trinajstić information content (AvgIpc) is 2.56. The van der Waals surface area contributed by atoms with E-state index in [9.17, 15) is 0 Å². The van der Waals surface area contributed by atoms with Gasteiger partial charge in [0.2, 0.25) is 0 Å². The molecule has 0 atom stereocenters. The normalized spacial score (nSPS) is 12.2. The largest absolute Gasteiger partial charge is 0.493 e. The van der Waals surface area contributed by atoms with Crippen molar-refractivity contribution >= 4 is 41.9 Å². The number of rotatable bonds is 7. The molecule has 0 aliphatic carbocycles. The van der Waals surface area contributed by atoms with Gasteiger partial charge in [0.1, 0.15) is 5.75 Å². The summed E-state index contributed by atoms with van der Waals surface area (Å²) in [6, 6.07) is 16.4. The van der Waals surface area contributed by atoms with Gasteiger partial charge in [0.25, 0.3) is 0 Å². The Bertz CT molecular complexity index is 693. The maximum absolute atomic E-state index is 6.00. The van der Waals surface area contributed by atoms with E-state index in [1.807, 2.05) is 24.3 Å². The van der Waals surface area contributed by atoms with Gasteiger partial charge in [0.05, 0.1) is 10.8 Å². The van der Waals surface area contributed by atoms with Gasteiger partial charge in [-0.2, -0.15) is 0 Å². The van der Waals surface area contributed by atoms with E-state index in [1.165, 1.54) is 5.56 Å². The van der Waals surface area contributed by atoms with Crippen LogP contribution in [0, 0.1) is 12.8 Å². The van der Waals surface area contributed by atoms with Crippen LogP contribution in [-0.2, 0) is 0 Å². The highest BCUT2D eigenvalue weighted by atomic mass is 32.2. The lowest BCUT2D eigenvalue weighted by atomic mass is 10.1. The SMILES string of the molecule is Cc1ccc(OCCC(C)C)c(/C(S)=C(/S)Sc2ccccc2)c1. The maximum atomic E-state index is 6.00. The average molecular weight is 377 g/mol. The summed E-state index contributed by atoms with van der Waals surface area (Å²) in [4.78, 5) is 1.99. The first-order valence-electron chi connectivity index (χ1n) is 8.06. The zero-order valence-corrected chi connectivity index (χ0v) is 16.9. The van der Waals surface area contributed by atoms with Crippen LogP contribution >= 0.6 is 37.0 Å². The lowest BCUT2D eigenvalue weighted by Gasteiger charge is -2.15. The van der Waals surface area contributed by atoms with Crippen LogP contribution in [0.5, 0.6) is 5.75 Å². The van der Waals surface area contributed by atoms with Crippen molar-refractivity contribution in [1.29, 1.82) is 0 Å². The third kappa shape index (κ3) is 5.83. The fraction of sp³-hybridized carbons (Fsp3) is 0.300. The van der Waals surface area contributed by atoms with Crippen LogP contribution in [0.3, 0.4) is 0 Å². The van der Waals surface area contributed by atoms with Gasteiger partial charge in [-0.05, 0) is 43.5 Å². The van der Waals surface area contributed by atoms with Crippen molar-refractivity contribution in [3.8, 4) is 5.75 Å². The Hall–Kier alpha value is -0.970. The van der Waals surface area contributed by atoms with Gasteiger partial charge in [0, 0.05) is 15.4 Å². The molecule has 2 rings (SSSR count). The number of thioether (sulfide) groups is 1. The van der Waals surface area contributed by atoms with E-state index in [2.05, 4.69) is 57.7 Å². The van der Waals surface area contributed by atoms with E-state index in [-0.39, 0.29) is 0 Å². The van der Waals surface area contributed by atoms with E-state index >= 15 is 0 Å². The summed E-state index contributed by atoms with van der Waals surface area (Å²) in [5, 5.41) is 0. The van der Waals surface area contributed by atoms with Crippen molar-refractivity contribution in [2.45, 2.75) is 32.1 Å². The molecule has 0 radical (unpaired) electrons. The van der Waals surface area contributed by atoms with Crippen LogP contribution in [0.4, 0.5) is 0 Å². The standard InChI is InChI=1S/C20H24OS3/c1-14(2)11-12-21-18-10-9-15(3)13-17(18)19(22)20(23)24-16-7-5-4-6-8-16/h4-10,13-14,22-23H,11-12H2,1-3H3/b20-19+. The molecule has 0 saturated carbocycles. The molecule has 0 bridgehead atoms. The molecule has 0 unspecified atom stereocenters. The third-order valence-electron chi connectivity index (χ3n) is 3.50. The minimum atomic E-state index is 0.624. The number of hydrogen-bond acceptors (Lipinski definition) is 4. The Balaban J connectivity index is 2.24. The molecular formula is C20H24OS3. The second-order valence-corrected chi connectivity index (χ2v) is 8.38. The molecule has 0 aliphatic heterocycles. The molecule has 2 aromatic carbocycles. The van der Waals surface area contributed by atoms with Crippen LogP contribution in [0.25, 0.3) is 4.91 Å². The highest BCUT2D eigenvalue weighted by molar-refractivity contribution is 8.17. The molecule has 0 amide bonds. The molecule has 128 valence electrons. The second-order valence-electron chi connectivity index (χ2n) is 6.10. The van der Waals surface area contributed by atoms with Gasteiger partial charge in [-0.25, -0.2) is 0 Å². The van der Waals surface area contributed by atoms with Crippen LogP contribution in [0.1, 0.15) is 31.4 Å². The zero-order chi connectivity index (χ0) is 17.5. The summed E-state index contributed by atoms with van der Waals surface area (Å²) in [5.41, 5.74) is 2.18. The quantitative estimate of drug-likeness (QED) is 0.411. The van der Waals surface area contributed by atoms with Crippen molar-refractivity contribution < 1.29 is 4.74 Å². The minimum absolute atomic E-state index is 0.624. The first kappa shape index (κ1) is 19.4. The van der Waals surface area contributed by atoms with Crippen molar-refractivity contribution in [3.05, 3.63) is 63.9 Å². The predicted octanol–water partition coefficient (Wildman–Crippen LogP) is 6.70. The van der Waals surface area contributed by atoms with E-state index < -0.39 is 0 Å². The second kappa shape index (κ2) is 9.50. The molecule has 0 fully saturated rings. The van der Waals surface area contributed by atoms with Crippen molar-refractivity contribution in [2.75, 3.05) is 6.61 Å². The molecule has 2 aromatic rings. The van der Waals surface area contributed by atoms with Crippen molar-refractivity contribution in [2.24, 2.45) is 5.92 Å². The zero-order valence-electron chi connectivity index (χ0n) is 14.3. The van der Waals surface area contributed by atoms with Crippen LogP contribution in [-0.4, -0.2) is 6.61 Å². The predicted molar refractivity (Wildman–Crippen MR) is 113 cm³/mol. The van der Waals surface area contributed by atoms with Gasteiger partial charge >= 0.3 is 0 Å². The molecule has 0 N–H and O–H groups in total. The lowest BCUT2D eigenvalue weighted by molar-refractivity contribution is 0.289. The van der Waals surface area contributed by atoms with E-state index in [1.54, 1.807) is 11.8 Å². The minimum Gasteiger partial charge on any atom is -0.493 e. The number of benzene rings is 2. The summed E-state index contributed by atoms with van der Waals surface area (Å²) in [6.07, 6.45) is 1.03.